The fraction of sp³-hybridized carbons (Fsp3) is 0.316. The molecule has 1 atom stereocenters. The van der Waals surface area contributed by atoms with Crippen LogP contribution in [0.2, 0.25) is 0 Å². The molecule has 0 saturated heterocycles. The highest BCUT2D eigenvalue weighted by Gasteiger charge is 2.20. The number of urea groups is 1. The van der Waals surface area contributed by atoms with Gasteiger partial charge in [0.15, 0.2) is 17.6 Å². The van der Waals surface area contributed by atoms with Crippen molar-refractivity contribution in [1.29, 1.82) is 0 Å². The lowest BCUT2D eigenvalue weighted by Gasteiger charge is -2.26. The van der Waals surface area contributed by atoms with Crippen molar-refractivity contribution in [2.45, 2.75) is 19.6 Å². The molecule has 0 saturated carbocycles. The van der Waals surface area contributed by atoms with Crippen LogP contribution < -0.4 is 24.8 Å². The minimum Gasteiger partial charge on any atom is -0.494 e. The molecule has 0 radical (unpaired) electrons. The summed E-state index contributed by atoms with van der Waals surface area (Å²) in [7, 11) is 0. The number of carbonyl (C=O) groups excluding carboxylic acids is 1. The van der Waals surface area contributed by atoms with Crippen molar-refractivity contribution in [2.75, 3.05) is 19.8 Å². The highest BCUT2D eigenvalue weighted by Crippen LogP contribution is 2.30. The molecular weight excluding hydrogens is 320 g/mol. The molecule has 2 N–H and O–H groups in total. The van der Waals surface area contributed by atoms with Gasteiger partial charge in [0.05, 0.1) is 13.2 Å². The van der Waals surface area contributed by atoms with Crippen LogP contribution >= 0.6 is 0 Å². The second-order valence-corrected chi connectivity index (χ2v) is 5.64. The van der Waals surface area contributed by atoms with Gasteiger partial charge in [0.1, 0.15) is 12.4 Å². The molecule has 2 aromatic carbocycles. The van der Waals surface area contributed by atoms with Gasteiger partial charge in [-0.05, 0) is 36.8 Å². The second-order valence-electron chi connectivity index (χ2n) is 5.64. The summed E-state index contributed by atoms with van der Waals surface area (Å²) < 4.78 is 16.8. The summed E-state index contributed by atoms with van der Waals surface area (Å²) in [4.78, 5) is 11.9. The molecule has 2 aromatic rings. The summed E-state index contributed by atoms with van der Waals surface area (Å²) in [6.45, 7) is 3.82. The van der Waals surface area contributed by atoms with E-state index in [0.29, 0.717) is 32.1 Å². The quantitative estimate of drug-likeness (QED) is 0.847. The Labute approximate surface area is 147 Å². The summed E-state index contributed by atoms with van der Waals surface area (Å²) in [6.07, 6.45) is -0.203. The number of benzene rings is 2. The lowest BCUT2D eigenvalue weighted by Crippen LogP contribution is -2.44. The summed E-state index contributed by atoms with van der Waals surface area (Å²) >= 11 is 0. The molecule has 1 aliphatic heterocycles. The first kappa shape index (κ1) is 17.0. The van der Waals surface area contributed by atoms with Crippen molar-refractivity contribution in [3.8, 4) is 17.2 Å². The number of hydrogen-bond donors (Lipinski definition) is 2. The predicted octanol–water partition coefficient (Wildman–Crippen LogP) is 2.72. The van der Waals surface area contributed by atoms with Crippen LogP contribution in [0, 0.1) is 0 Å². The van der Waals surface area contributed by atoms with E-state index in [1.54, 1.807) is 0 Å². The van der Waals surface area contributed by atoms with Gasteiger partial charge < -0.3 is 24.8 Å². The van der Waals surface area contributed by atoms with Crippen LogP contribution in [0.1, 0.15) is 12.5 Å². The standard InChI is InChI=1S/C19H22N2O4/c1-2-23-15-9-7-14(8-10-15)11-20-19(22)21-12-16-13-24-17-5-3-4-6-18(17)25-16/h3-10,16H,2,11-13H2,1H3,(H2,20,21,22). The number of para-hydroxylation sites is 2. The molecule has 0 aliphatic carbocycles. The fourth-order valence-electron chi connectivity index (χ4n) is 2.49. The van der Waals surface area contributed by atoms with Crippen molar-refractivity contribution in [3.05, 3.63) is 54.1 Å². The zero-order chi connectivity index (χ0) is 17.5. The monoisotopic (exact) mass is 342 g/mol. The van der Waals surface area contributed by atoms with Crippen molar-refractivity contribution in [2.24, 2.45) is 0 Å². The van der Waals surface area contributed by atoms with Crippen LogP contribution in [0.4, 0.5) is 4.79 Å². The summed E-state index contributed by atoms with van der Waals surface area (Å²) in [5, 5.41) is 5.63. The number of hydrogen-bond acceptors (Lipinski definition) is 4. The second kappa shape index (κ2) is 8.28. The highest BCUT2D eigenvalue weighted by atomic mass is 16.6. The van der Waals surface area contributed by atoms with Crippen LogP contribution in [-0.4, -0.2) is 31.9 Å². The van der Waals surface area contributed by atoms with Crippen LogP contribution in [0.15, 0.2) is 48.5 Å². The smallest absolute Gasteiger partial charge is 0.315 e. The lowest BCUT2D eigenvalue weighted by molar-refractivity contribution is 0.0918. The van der Waals surface area contributed by atoms with Gasteiger partial charge in [-0.1, -0.05) is 24.3 Å². The minimum atomic E-state index is -0.239. The van der Waals surface area contributed by atoms with E-state index in [9.17, 15) is 4.79 Å². The third kappa shape index (κ3) is 4.79. The summed E-state index contributed by atoms with van der Waals surface area (Å²) in [5.74, 6) is 2.26. The van der Waals surface area contributed by atoms with E-state index < -0.39 is 0 Å². The molecule has 0 bridgehead atoms. The number of ether oxygens (including phenoxy) is 3. The molecule has 3 rings (SSSR count). The van der Waals surface area contributed by atoms with E-state index in [2.05, 4.69) is 10.6 Å². The highest BCUT2D eigenvalue weighted by molar-refractivity contribution is 5.73. The first-order valence-corrected chi connectivity index (χ1v) is 8.36. The maximum absolute atomic E-state index is 11.9. The van der Waals surface area contributed by atoms with E-state index in [4.69, 9.17) is 14.2 Å². The average Bonchev–Trinajstić information content (AvgIpc) is 2.66. The molecule has 6 nitrogen and oxygen atoms in total. The third-order valence-corrected chi connectivity index (χ3v) is 3.75. The molecule has 6 heteroatoms. The van der Waals surface area contributed by atoms with E-state index in [-0.39, 0.29) is 12.1 Å². The maximum Gasteiger partial charge on any atom is 0.315 e. The zero-order valence-corrected chi connectivity index (χ0v) is 14.2. The Morgan fingerprint density at radius 1 is 1.12 bits per heavy atom. The number of fused-ring (bicyclic) bond motifs is 1. The average molecular weight is 342 g/mol. The molecule has 0 fully saturated rings. The molecule has 1 heterocycles. The predicted molar refractivity (Wildman–Crippen MR) is 94.2 cm³/mol. The van der Waals surface area contributed by atoms with Gasteiger partial charge in [0, 0.05) is 6.54 Å². The maximum atomic E-state index is 11.9. The Morgan fingerprint density at radius 3 is 2.64 bits per heavy atom. The van der Waals surface area contributed by atoms with E-state index >= 15 is 0 Å². The number of carbonyl (C=O) groups is 1. The largest absolute Gasteiger partial charge is 0.494 e. The molecule has 25 heavy (non-hydrogen) atoms. The SMILES string of the molecule is CCOc1ccc(CNC(=O)NCC2COc3ccccc3O2)cc1. The van der Waals surface area contributed by atoms with Gasteiger partial charge >= 0.3 is 6.03 Å². The van der Waals surface area contributed by atoms with Crippen molar-refractivity contribution in [1.82, 2.24) is 10.6 Å². The summed E-state index contributed by atoms with van der Waals surface area (Å²) in [6, 6.07) is 14.9. The van der Waals surface area contributed by atoms with Gasteiger partial charge in [0.2, 0.25) is 0 Å². The Balaban J connectivity index is 1.40. The van der Waals surface area contributed by atoms with Gasteiger partial charge in [-0.3, -0.25) is 0 Å². The first-order chi connectivity index (χ1) is 12.2. The van der Waals surface area contributed by atoms with Crippen molar-refractivity contribution >= 4 is 6.03 Å². The minimum absolute atomic E-state index is 0.203. The molecule has 132 valence electrons. The number of rotatable bonds is 6. The normalized spacial score (nSPS) is 15.3. The molecule has 2 amide bonds. The molecule has 1 unspecified atom stereocenters. The fourth-order valence-corrected chi connectivity index (χ4v) is 2.49. The Kier molecular flexibility index (Phi) is 5.61. The van der Waals surface area contributed by atoms with Crippen molar-refractivity contribution < 1.29 is 19.0 Å². The van der Waals surface area contributed by atoms with Gasteiger partial charge in [-0.25, -0.2) is 4.79 Å². The first-order valence-electron chi connectivity index (χ1n) is 8.36. The molecule has 1 aliphatic rings. The van der Waals surface area contributed by atoms with Crippen molar-refractivity contribution in [3.63, 3.8) is 0 Å². The van der Waals surface area contributed by atoms with Crippen LogP contribution in [0.25, 0.3) is 0 Å². The van der Waals surface area contributed by atoms with E-state index in [1.807, 2.05) is 55.5 Å². The third-order valence-electron chi connectivity index (χ3n) is 3.75. The van der Waals surface area contributed by atoms with E-state index in [0.717, 1.165) is 17.1 Å². The van der Waals surface area contributed by atoms with E-state index in [1.165, 1.54) is 0 Å². The molecular formula is C19H22N2O4. The van der Waals surface area contributed by atoms with Crippen LogP contribution in [0.5, 0.6) is 17.2 Å². The van der Waals surface area contributed by atoms with Gasteiger partial charge in [-0.15, -0.1) is 0 Å². The summed E-state index contributed by atoms with van der Waals surface area (Å²) in [5.41, 5.74) is 1.00. The number of amides is 2. The zero-order valence-electron chi connectivity index (χ0n) is 14.2. The lowest BCUT2D eigenvalue weighted by atomic mass is 10.2. The Bertz CT molecular complexity index is 703. The van der Waals surface area contributed by atoms with Gasteiger partial charge in [-0.2, -0.15) is 0 Å². The Hall–Kier alpha value is -2.89. The van der Waals surface area contributed by atoms with Crippen LogP contribution in [-0.2, 0) is 6.54 Å². The Morgan fingerprint density at radius 2 is 1.88 bits per heavy atom. The molecule has 0 spiro atoms. The number of nitrogens with one attached hydrogen (secondary N) is 2. The molecule has 0 aromatic heterocycles. The van der Waals surface area contributed by atoms with Gasteiger partial charge in [0.25, 0.3) is 0 Å². The topological polar surface area (TPSA) is 68.8 Å². The van der Waals surface area contributed by atoms with Crippen LogP contribution in [0.3, 0.4) is 0 Å².